The van der Waals surface area contributed by atoms with Crippen LogP contribution in [0.4, 0.5) is 8.78 Å². The van der Waals surface area contributed by atoms with Crippen LogP contribution < -0.4 is 4.74 Å². The molecule has 0 spiro atoms. The van der Waals surface area contributed by atoms with E-state index < -0.39 is 12.6 Å². The molecular weight excluding hydrogens is 268 g/mol. The predicted molar refractivity (Wildman–Crippen MR) is 68.7 cm³/mol. The number of aliphatic carboxylic acids is 1. The van der Waals surface area contributed by atoms with E-state index in [1.54, 1.807) is 12.1 Å². The number of carboxylic acids is 1. The maximum absolute atomic E-state index is 12.0. The van der Waals surface area contributed by atoms with E-state index in [0.717, 1.165) is 18.7 Å². The van der Waals surface area contributed by atoms with Gasteiger partial charge in [0.15, 0.2) is 0 Å². The number of halogens is 2. The van der Waals surface area contributed by atoms with Gasteiger partial charge in [-0.15, -0.1) is 0 Å². The Morgan fingerprint density at radius 3 is 2.40 bits per heavy atom. The summed E-state index contributed by atoms with van der Waals surface area (Å²) in [6, 6.07) is 6.54. The number of piperidine rings is 1. The molecular formula is C14H17F2NO3. The molecule has 20 heavy (non-hydrogen) atoms. The van der Waals surface area contributed by atoms with Crippen molar-refractivity contribution in [1.29, 1.82) is 0 Å². The molecule has 0 radical (unpaired) electrons. The third-order valence-corrected chi connectivity index (χ3v) is 3.49. The van der Waals surface area contributed by atoms with E-state index >= 15 is 0 Å². The number of benzene rings is 1. The highest BCUT2D eigenvalue weighted by Gasteiger charge is 2.24. The number of rotatable bonds is 5. The monoisotopic (exact) mass is 285 g/mol. The lowest BCUT2D eigenvalue weighted by Crippen LogP contribution is -2.35. The average molecular weight is 285 g/mol. The Morgan fingerprint density at radius 1 is 1.30 bits per heavy atom. The number of alkyl halides is 2. The summed E-state index contributed by atoms with van der Waals surface area (Å²) in [5, 5.41) is 8.92. The topological polar surface area (TPSA) is 49.8 Å². The summed E-state index contributed by atoms with van der Waals surface area (Å²) in [6.07, 6.45) is 1.31. The van der Waals surface area contributed by atoms with E-state index in [0.29, 0.717) is 19.4 Å². The van der Waals surface area contributed by atoms with Crippen LogP contribution in [-0.2, 0) is 11.3 Å². The smallest absolute Gasteiger partial charge is 0.387 e. The van der Waals surface area contributed by atoms with E-state index in [-0.39, 0.29) is 11.7 Å². The maximum atomic E-state index is 12.0. The largest absolute Gasteiger partial charge is 0.481 e. The zero-order valence-electron chi connectivity index (χ0n) is 11.0. The second-order valence-electron chi connectivity index (χ2n) is 4.91. The van der Waals surface area contributed by atoms with Crippen LogP contribution in [0.5, 0.6) is 5.75 Å². The quantitative estimate of drug-likeness (QED) is 0.903. The summed E-state index contributed by atoms with van der Waals surface area (Å²) in [4.78, 5) is 13.0. The first-order valence-electron chi connectivity index (χ1n) is 6.53. The van der Waals surface area contributed by atoms with Crippen LogP contribution in [0.25, 0.3) is 0 Å². The molecule has 0 unspecified atom stereocenters. The molecule has 1 saturated heterocycles. The number of hydrogen-bond donors (Lipinski definition) is 1. The zero-order chi connectivity index (χ0) is 14.5. The van der Waals surface area contributed by atoms with Crippen molar-refractivity contribution < 1.29 is 23.4 Å². The minimum atomic E-state index is -2.81. The summed E-state index contributed by atoms with van der Waals surface area (Å²) in [7, 11) is 0. The molecule has 2 rings (SSSR count). The Hall–Kier alpha value is -1.69. The minimum Gasteiger partial charge on any atom is -0.481 e. The van der Waals surface area contributed by atoms with Gasteiger partial charge in [-0.3, -0.25) is 9.69 Å². The summed E-state index contributed by atoms with van der Waals surface area (Å²) in [6.45, 7) is -0.629. The third kappa shape index (κ3) is 4.16. The second kappa shape index (κ2) is 6.65. The molecule has 1 heterocycles. The Bertz CT molecular complexity index is 442. The standard InChI is InChI=1S/C14H17F2NO3/c15-14(16)20-12-3-1-10(2-4-12)9-17-7-5-11(6-8-17)13(18)19/h1-4,11,14H,5-9H2,(H,18,19). The third-order valence-electron chi connectivity index (χ3n) is 3.49. The van der Waals surface area contributed by atoms with Gasteiger partial charge >= 0.3 is 12.6 Å². The Morgan fingerprint density at radius 2 is 1.90 bits per heavy atom. The van der Waals surface area contributed by atoms with Gasteiger partial charge in [0.05, 0.1) is 5.92 Å². The van der Waals surface area contributed by atoms with Gasteiger partial charge in [0.2, 0.25) is 0 Å². The van der Waals surface area contributed by atoms with Crippen molar-refractivity contribution in [2.24, 2.45) is 5.92 Å². The van der Waals surface area contributed by atoms with E-state index in [9.17, 15) is 13.6 Å². The fraction of sp³-hybridized carbons (Fsp3) is 0.500. The molecule has 6 heteroatoms. The Kier molecular flexibility index (Phi) is 4.89. The van der Waals surface area contributed by atoms with Gasteiger partial charge in [-0.05, 0) is 43.6 Å². The normalized spacial score (nSPS) is 17.4. The van der Waals surface area contributed by atoms with Crippen LogP contribution in [0.2, 0.25) is 0 Å². The van der Waals surface area contributed by atoms with Crippen LogP contribution >= 0.6 is 0 Å². The highest BCUT2D eigenvalue weighted by atomic mass is 19.3. The molecule has 1 aliphatic heterocycles. The number of ether oxygens (including phenoxy) is 1. The zero-order valence-corrected chi connectivity index (χ0v) is 11.0. The van der Waals surface area contributed by atoms with Crippen LogP contribution in [0.1, 0.15) is 18.4 Å². The highest BCUT2D eigenvalue weighted by molar-refractivity contribution is 5.70. The van der Waals surface area contributed by atoms with Crippen molar-refractivity contribution >= 4 is 5.97 Å². The minimum absolute atomic E-state index is 0.147. The van der Waals surface area contributed by atoms with Gasteiger partial charge in [0.1, 0.15) is 5.75 Å². The number of likely N-dealkylation sites (tertiary alicyclic amines) is 1. The van der Waals surface area contributed by atoms with Crippen molar-refractivity contribution in [3.8, 4) is 5.75 Å². The first-order valence-corrected chi connectivity index (χ1v) is 6.53. The predicted octanol–water partition coefficient (Wildman–Crippen LogP) is 2.58. The van der Waals surface area contributed by atoms with Gasteiger partial charge in [0, 0.05) is 6.54 Å². The number of carboxylic acid groups (broad SMARTS) is 1. The van der Waals surface area contributed by atoms with Gasteiger partial charge in [0.25, 0.3) is 0 Å². The summed E-state index contributed by atoms with van der Waals surface area (Å²) >= 11 is 0. The fourth-order valence-corrected chi connectivity index (χ4v) is 2.37. The van der Waals surface area contributed by atoms with Crippen LogP contribution in [0, 0.1) is 5.92 Å². The van der Waals surface area contributed by atoms with Gasteiger partial charge < -0.3 is 9.84 Å². The first kappa shape index (κ1) is 14.7. The van der Waals surface area contributed by atoms with E-state index in [1.807, 2.05) is 0 Å². The molecule has 0 bridgehead atoms. The van der Waals surface area contributed by atoms with Gasteiger partial charge in [-0.2, -0.15) is 8.78 Å². The molecule has 0 aliphatic carbocycles. The molecule has 1 aromatic carbocycles. The molecule has 1 aromatic rings. The second-order valence-corrected chi connectivity index (χ2v) is 4.91. The lowest BCUT2D eigenvalue weighted by atomic mass is 9.97. The molecule has 4 nitrogen and oxygen atoms in total. The van der Waals surface area contributed by atoms with Crippen molar-refractivity contribution in [2.45, 2.75) is 26.0 Å². The van der Waals surface area contributed by atoms with Crippen molar-refractivity contribution in [2.75, 3.05) is 13.1 Å². The van der Waals surface area contributed by atoms with E-state index in [2.05, 4.69) is 9.64 Å². The fourth-order valence-electron chi connectivity index (χ4n) is 2.37. The average Bonchev–Trinajstić information content (AvgIpc) is 2.41. The van der Waals surface area contributed by atoms with Crippen LogP contribution in [0.3, 0.4) is 0 Å². The molecule has 0 atom stereocenters. The molecule has 1 aliphatic rings. The molecule has 1 N–H and O–H groups in total. The molecule has 1 fully saturated rings. The SMILES string of the molecule is O=C(O)C1CCN(Cc2ccc(OC(F)F)cc2)CC1. The Balaban J connectivity index is 1.83. The highest BCUT2D eigenvalue weighted by Crippen LogP contribution is 2.20. The first-order chi connectivity index (χ1) is 9.54. The number of nitrogens with zero attached hydrogens (tertiary/aromatic N) is 1. The Labute approximate surface area is 116 Å². The summed E-state index contributed by atoms with van der Waals surface area (Å²) in [5.41, 5.74) is 1.00. The lowest BCUT2D eigenvalue weighted by Gasteiger charge is -2.30. The van der Waals surface area contributed by atoms with E-state index in [1.165, 1.54) is 12.1 Å². The van der Waals surface area contributed by atoms with Crippen LogP contribution in [0.15, 0.2) is 24.3 Å². The lowest BCUT2D eigenvalue weighted by molar-refractivity contribution is -0.143. The van der Waals surface area contributed by atoms with Crippen LogP contribution in [-0.4, -0.2) is 35.7 Å². The van der Waals surface area contributed by atoms with Crippen molar-refractivity contribution in [1.82, 2.24) is 4.90 Å². The molecule has 0 aromatic heterocycles. The molecule has 0 saturated carbocycles. The van der Waals surface area contributed by atoms with E-state index in [4.69, 9.17) is 5.11 Å². The molecule has 0 amide bonds. The summed E-state index contributed by atoms with van der Waals surface area (Å²) in [5.74, 6) is -0.820. The van der Waals surface area contributed by atoms with Crippen molar-refractivity contribution in [3.05, 3.63) is 29.8 Å². The van der Waals surface area contributed by atoms with Gasteiger partial charge in [-0.1, -0.05) is 12.1 Å². The van der Waals surface area contributed by atoms with Gasteiger partial charge in [-0.25, -0.2) is 0 Å². The number of carbonyl (C=O) groups is 1. The maximum Gasteiger partial charge on any atom is 0.387 e. The molecule has 110 valence electrons. The summed E-state index contributed by atoms with van der Waals surface area (Å²) < 4.78 is 28.3. The van der Waals surface area contributed by atoms with Crippen molar-refractivity contribution in [3.63, 3.8) is 0 Å². The number of hydrogen-bond acceptors (Lipinski definition) is 3.